The van der Waals surface area contributed by atoms with E-state index in [1.54, 1.807) is 12.1 Å². The first-order chi connectivity index (χ1) is 6.63. The van der Waals surface area contributed by atoms with Crippen LogP contribution < -0.4 is 11.1 Å². The molecule has 3 heteroatoms. The van der Waals surface area contributed by atoms with Crippen molar-refractivity contribution in [3.63, 3.8) is 0 Å². The van der Waals surface area contributed by atoms with Gasteiger partial charge in [0, 0.05) is 17.9 Å². The smallest absolute Gasteiger partial charge is 0.101 e. The van der Waals surface area contributed by atoms with Crippen molar-refractivity contribution in [2.45, 2.75) is 6.92 Å². The summed E-state index contributed by atoms with van der Waals surface area (Å²) in [4.78, 5) is 0. The number of nitrogens with one attached hydrogen (secondary N) is 1. The molecule has 1 aromatic carbocycles. The van der Waals surface area contributed by atoms with Crippen LogP contribution in [-0.2, 0) is 0 Å². The van der Waals surface area contributed by atoms with Crippen molar-refractivity contribution >= 4 is 11.4 Å². The summed E-state index contributed by atoms with van der Waals surface area (Å²) in [6, 6.07) is 7.34. The van der Waals surface area contributed by atoms with Gasteiger partial charge in [-0.1, -0.05) is 12.2 Å². The van der Waals surface area contributed by atoms with Crippen LogP contribution in [0.4, 0.5) is 11.4 Å². The maximum atomic E-state index is 8.74. The lowest BCUT2D eigenvalue weighted by Crippen LogP contribution is -2.02. The van der Waals surface area contributed by atoms with E-state index in [9.17, 15) is 0 Å². The van der Waals surface area contributed by atoms with Gasteiger partial charge in [-0.05, 0) is 25.1 Å². The van der Waals surface area contributed by atoms with Crippen LogP contribution in [0, 0.1) is 11.3 Å². The number of nitrogens with zero attached hydrogens (tertiary/aromatic N) is 1. The average Bonchev–Trinajstić information content (AvgIpc) is 2.16. The lowest BCUT2D eigenvalue weighted by Gasteiger charge is -2.06. The van der Waals surface area contributed by atoms with Gasteiger partial charge in [-0.3, -0.25) is 0 Å². The van der Waals surface area contributed by atoms with E-state index in [2.05, 4.69) is 11.9 Å². The van der Waals surface area contributed by atoms with Crippen molar-refractivity contribution in [1.82, 2.24) is 0 Å². The Morgan fingerprint density at radius 2 is 2.36 bits per heavy atom. The second-order valence-corrected chi connectivity index (χ2v) is 3.22. The maximum absolute atomic E-state index is 8.74. The summed E-state index contributed by atoms with van der Waals surface area (Å²) in [7, 11) is 0. The number of hydrogen-bond acceptors (Lipinski definition) is 3. The fraction of sp³-hybridized carbons (Fsp3) is 0.182. The summed E-state index contributed by atoms with van der Waals surface area (Å²) >= 11 is 0. The second-order valence-electron chi connectivity index (χ2n) is 3.22. The monoisotopic (exact) mass is 187 g/mol. The van der Waals surface area contributed by atoms with Crippen LogP contribution in [0.25, 0.3) is 0 Å². The second kappa shape index (κ2) is 4.33. The molecule has 0 aliphatic heterocycles. The minimum absolute atomic E-state index is 0.497. The predicted molar refractivity (Wildman–Crippen MR) is 58.9 cm³/mol. The Labute approximate surface area is 83.8 Å². The summed E-state index contributed by atoms with van der Waals surface area (Å²) in [5.74, 6) is 0. The molecule has 0 heterocycles. The SMILES string of the molecule is C=C(C)CNc1ccc(N)c(C#N)c1. The summed E-state index contributed by atoms with van der Waals surface area (Å²) in [6.45, 7) is 6.42. The van der Waals surface area contributed by atoms with Crippen molar-refractivity contribution in [3.05, 3.63) is 35.9 Å². The van der Waals surface area contributed by atoms with E-state index in [-0.39, 0.29) is 0 Å². The molecule has 1 aromatic rings. The largest absolute Gasteiger partial charge is 0.398 e. The minimum atomic E-state index is 0.497. The minimum Gasteiger partial charge on any atom is -0.398 e. The first-order valence-corrected chi connectivity index (χ1v) is 4.31. The van der Waals surface area contributed by atoms with Gasteiger partial charge in [-0.2, -0.15) is 5.26 Å². The Bertz CT molecular complexity index is 388. The van der Waals surface area contributed by atoms with Crippen LogP contribution in [0.3, 0.4) is 0 Å². The summed E-state index contributed by atoms with van der Waals surface area (Å²) < 4.78 is 0. The van der Waals surface area contributed by atoms with Gasteiger partial charge in [0.25, 0.3) is 0 Å². The first kappa shape index (κ1) is 10.1. The number of nitrogens with two attached hydrogens (primary N) is 1. The Morgan fingerprint density at radius 1 is 1.64 bits per heavy atom. The van der Waals surface area contributed by atoms with Crippen molar-refractivity contribution in [1.29, 1.82) is 5.26 Å². The molecule has 3 nitrogen and oxygen atoms in total. The zero-order chi connectivity index (χ0) is 10.6. The molecule has 0 aliphatic carbocycles. The Morgan fingerprint density at radius 3 is 2.93 bits per heavy atom. The number of rotatable bonds is 3. The standard InChI is InChI=1S/C11H13N3/c1-8(2)7-14-10-3-4-11(13)9(5-10)6-12/h3-5,14H,1,7,13H2,2H3. The van der Waals surface area contributed by atoms with Gasteiger partial charge in [-0.25, -0.2) is 0 Å². The molecule has 0 atom stereocenters. The molecule has 0 fully saturated rings. The number of benzene rings is 1. The highest BCUT2D eigenvalue weighted by Crippen LogP contribution is 2.16. The van der Waals surface area contributed by atoms with Crippen molar-refractivity contribution in [3.8, 4) is 6.07 Å². The summed E-state index contributed by atoms with van der Waals surface area (Å²) in [5.41, 5.74) is 8.52. The van der Waals surface area contributed by atoms with E-state index in [0.29, 0.717) is 17.8 Å². The molecule has 72 valence electrons. The fourth-order valence-corrected chi connectivity index (χ4v) is 1.02. The highest BCUT2D eigenvalue weighted by atomic mass is 14.9. The van der Waals surface area contributed by atoms with E-state index in [1.807, 2.05) is 19.1 Å². The third-order valence-electron chi connectivity index (χ3n) is 1.77. The van der Waals surface area contributed by atoms with Crippen LogP contribution in [0.15, 0.2) is 30.4 Å². The molecule has 0 aromatic heterocycles. The molecule has 0 saturated carbocycles. The van der Waals surface area contributed by atoms with Gasteiger partial charge in [0.2, 0.25) is 0 Å². The molecular formula is C11H13N3. The van der Waals surface area contributed by atoms with Crippen LogP contribution in [0.1, 0.15) is 12.5 Å². The van der Waals surface area contributed by atoms with Crippen molar-refractivity contribution in [2.75, 3.05) is 17.6 Å². The molecule has 3 N–H and O–H groups in total. The van der Waals surface area contributed by atoms with Gasteiger partial charge in [-0.15, -0.1) is 0 Å². The molecule has 0 spiro atoms. The number of nitrogen functional groups attached to an aromatic ring is 1. The Hall–Kier alpha value is -1.95. The third kappa shape index (κ3) is 2.53. The summed E-state index contributed by atoms with van der Waals surface area (Å²) in [5, 5.41) is 11.9. The fourth-order valence-electron chi connectivity index (χ4n) is 1.02. The molecule has 1 rings (SSSR count). The van der Waals surface area contributed by atoms with Crippen LogP contribution in [0.5, 0.6) is 0 Å². The van der Waals surface area contributed by atoms with Crippen molar-refractivity contribution < 1.29 is 0 Å². The molecule has 0 saturated heterocycles. The molecule has 0 aliphatic rings. The van der Waals surface area contributed by atoms with Crippen LogP contribution in [0.2, 0.25) is 0 Å². The lowest BCUT2D eigenvalue weighted by molar-refractivity contribution is 1.22. The number of nitriles is 1. The molecule has 14 heavy (non-hydrogen) atoms. The molecule has 0 unspecified atom stereocenters. The molecule has 0 bridgehead atoms. The van der Waals surface area contributed by atoms with Crippen LogP contribution in [-0.4, -0.2) is 6.54 Å². The highest BCUT2D eigenvalue weighted by Gasteiger charge is 1.99. The zero-order valence-electron chi connectivity index (χ0n) is 8.17. The van der Waals surface area contributed by atoms with E-state index >= 15 is 0 Å². The van der Waals surface area contributed by atoms with E-state index in [4.69, 9.17) is 11.0 Å². The molecular weight excluding hydrogens is 174 g/mol. The van der Waals surface area contributed by atoms with Gasteiger partial charge in [0.15, 0.2) is 0 Å². The van der Waals surface area contributed by atoms with Gasteiger partial charge in [0.1, 0.15) is 6.07 Å². The topological polar surface area (TPSA) is 61.8 Å². The van der Waals surface area contributed by atoms with Crippen molar-refractivity contribution in [2.24, 2.45) is 0 Å². The van der Waals surface area contributed by atoms with Gasteiger partial charge in [0.05, 0.1) is 5.56 Å². The predicted octanol–water partition coefficient (Wildman–Crippen LogP) is 2.13. The van der Waals surface area contributed by atoms with Gasteiger partial charge >= 0.3 is 0 Å². The Kier molecular flexibility index (Phi) is 3.14. The average molecular weight is 187 g/mol. The molecule has 0 radical (unpaired) electrons. The van der Waals surface area contributed by atoms with E-state index in [0.717, 1.165) is 11.3 Å². The number of hydrogen-bond donors (Lipinski definition) is 2. The maximum Gasteiger partial charge on any atom is 0.101 e. The molecule has 0 amide bonds. The first-order valence-electron chi connectivity index (χ1n) is 4.31. The van der Waals surface area contributed by atoms with E-state index < -0.39 is 0 Å². The normalized spacial score (nSPS) is 9.14. The Balaban J connectivity index is 2.80. The highest BCUT2D eigenvalue weighted by molar-refractivity contribution is 5.62. The number of anilines is 2. The zero-order valence-corrected chi connectivity index (χ0v) is 8.17. The van der Waals surface area contributed by atoms with Gasteiger partial charge < -0.3 is 11.1 Å². The van der Waals surface area contributed by atoms with E-state index in [1.165, 1.54) is 0 Å². The third-order valence-corrected chi connectivity index (χ3v) is 1.77. The summed E-state index contributed by atoms with van der Waals surface area (Å²) in [6.07, 6.45) is 0. The lowest BCUT2D eigenvalue weighted by atomic mass is 10.1. The quantitative estimate of drug-likeness (QED) is 0.563. The van der Waals surface area contributed by atoms with Crippen LogP contribution >= 0.6 is 0 Å².